The fraction of sp³-hybridized carbons (Fsp3) is 0.562. The first kappa shape index (κ1) is 14.2. The number of ketones is 1. The highest BCUT2D eigenvalue weighted by molar-refractivity contribution is 5.98. The van der Waals surface area contributed by atoms with Crippen molar-refractivity contribution in [1.82, 2.24) is 0 Å². The highest BCUT2D eigenvalue weighted by Gasteiger charge is 2.17. The van der Waals surface area contributed by atoms with Crippen LogP contribution in [0.25, 0.3) is 0 Å². The Labute approximate surface area is 114 Å². The van der Waals surface area contributed by atoms with Gasteiger partial charge in [0.2, 0.25) is 0 Å². The van der Waals surface area contributed by atoms with Crippen molar-refractivity contribution in [2.75, 3.05) is 26.4 Å². The van der Waals surface area contributed by atoms with Crippen LogP contribution >= 0.6 is 0 Å². The topological polar surface area (TPSA) is 35.5 Å². The van der Waals surface area contributed by atoms with E-state index in [0.717, 1.165) is 36.3 Å². The maximum Gasteiger partial charge on any atom is 0.188 e. The van der Waals surface area contributed by atoms with Crippen molar-refractivity contribution in [1.29, 1.82) is 0 Å². The van der Waals surface area contributed by atoms with Gasteiger partial charge in [-0.1, -0.05) is 6.07 Å². The lowest BCUT2D eigenvalue weighted by atomic mass is 9.98. The number of Topliss-reactive ketones (excluding diaryl/α,β-unsaturated/α-hetero) is 1. The number of aryl methyl sites for hydroxylation is 3. The van der Waals surface area contributed by atoms with Gasteiger partial charge in [0.25, 0.3) is 0 Å². The lowest BCUT2D eigenvalue weighted by Crippen LogP contribution is -2.16. The minimum atomic E-state index is 0.0690. The molecule has 0 bridgehead atoms. The monoisotopic (exact) mass is 262 g/mol. The van der Waals surface area contributed by atoms with Crippen LogP contribution in [-0.2, 0) is 9.47 Å². The van der Waals surface area contributed by atoms with E-state index in [0.29, 0.717) is 12.5 Å². The van der Waals surface area contributed by atoms with Gasteiger partial charge in [0.05, 0.1) is 13.2 Å². The Balaban J connectivity index is 1.90. The van der Waals surface area contributed by atoms with Crippen LogP contribution in [0.5, 0.6) is 0 Å². The van der Waals surface area contributed by atoms with Gasteiger partial charge in [-0.3, -0.25) is 4.79 Å². The van der Waals surface area contributed by atoms with E-state index in [-0.39, 0.29) is 12.4 Å². The van der Waals surface area contributed by atoms with E-state index in [4.69, 9.17) is 9.47 Å². The Morgan fingerprint density at radius 2 is 2.00 bits per heavy atom. The number of carbonyl (C=O) groups is 1. The third kappa shape index (κ3) is 3.64. The first-order valence-corrected chi connectivity index (χ1v) is 6.84. The summed E-state index contributed by atoms with van der Waals surface area (Å²) < 4.78 is 10.8. The average Bonchev–Trinajstić information content (AvgIpc) is 2.86. The van der Waals surface area contributed by atoms with Crippen molar-refractivity contribution in [2.24, 2.45) is 5.92 Å². The molecule has 1 unspecified atom stereocenters. The summed E-state index contributed by atoms with van der Waals surface area (Å²) in [6.07, 6.45) is 1.04. The van der Waals surface area contributed by atoms with Gasteiger partial charge in [0.1, 0.15) is 6.61 Å². The average molecular weight is 262 g/mol. The van der Waals surface area contributed by atoms with Gasteiger partial charge < -0.3 is 9.47 Å². The molecule has 1 aliphatic heterocycles. The Hall–Kier alpha value is -1.19. The molecule has 1 saturated heterocycles. The predicted molar refractivity (Wildman–Crippen MR) is 74.7 cm³/mol. The van der Waals surface area contributed by atoms with Crippen LogP contribution in [0.2, 0.25) is 0 Å². The van der Waals surface area contributed by atoms with Gasteiger partial charge in [0.15, 0.2) is 5.78 Å². The maximum atomic E-state index is 12.1. The fourth-order valence-electron chi connectivity index (χ4n) is 2.37. The lowest BCUT2D eigenvalue weighted by Gasteiger charge is -2.11. The molecule has 2 rings (SSSR count). The molecule has 1 heterocycles. The molecule has 104 valence electrons. The summed E-state index contributed by atoms with van der Waals surface area (Å²) in [5.74, 6) is 0.521. The van der Waals surface area contributed by atoms with Crippen molar-refractivity contribution < 1.29 is 14.3 Å². The summed E-state index contributed by atoms with van der Waals surface area (Å²) in [4.78, 5) is 12.1. The summed E-state index contributed by atoms with van der Waals surface area (Å²) >= 11 is 0. The number of carbonyl (C=O) groups excluding carboxylic acids is 1. The Morgan fingerprint density at radius 3 is 2.68 bits per heavy atom. The molecule has 0 N–H and O–H groups in total. The standard InChI is InChI=1S/C16H22O3/c1-11-6-13(3)15(7-12(11)2)16(17)10-19-9-14-4-5-18-8-14/h6-7,14H,4-5,8-10H2,1-3H3. The summed E-state index contributed by atoms with van der Waals surface area (Å²) in [5.41, 5.74) is 4.18. The summed E-state index contributed by atoms with van der Waals surface area (Å²) in [7, 11) is 0. The van der Waals surface area contributed by atoms with Crippen molar-refractivity contribution in [2.45, 2.75) is 27.2 Å². The van der Waals surface area contributed by atoms with Gasteiger partial charge in [-0.05, 0) is 49.9 Å². The quantitative estimate of drug-likeness (QED) is 0.765. The molecule has 1 aliphatic rings. The van der Waals surface area contributed by atoms with Crippen molar-refractivity contribution in [3.63, 3.8) is 0 Å². The zero-order chi connectivity index (χ0) is 13.8. The number of hydrogen-bond donors (Lipinski definition) is 0. The molecule has 0 aliphatic carbocycles. The largest absolute Gasteiger partial charge is 0.381 e. The minimum absolute atomic E-state index is 0.0690. The van der Waals surface area contributed by atoms with E-state index in [1.54, 1.807) is 0 Å². The SMILES string of the molecule is Cc1cc(C)c(C(=O)COCC2CCOC2)cc1C. The highest BCUT2D eigenvalue weighted by atomic mass is 16.5. The summed E-state index contributed by atoms with van der Waals surface area (Å²) in [6.45, 7) is 8.44. The minimum Gasteiger partial charge on any atom is -0.381 e. The van der Waals surface area contributed by atoms with E-state index < -0.39 is 0 Å². The second-order valence-corrected chi connectivity index (χ2v) is 5.42. The van der Waals surface area contributed by atoms with E-state index in [2.05, 4.69) is 13.0 Å². The number of rotatable bonds is 5. The Morgan fingerprint density at radius 1 is 1.26 bits per heavy atom. The van der Waals surface area contributed by atoms with Crippen LogP contribution in [0, 0.1) is 26.7 Å². The molecule has 0 amide bonds. The first-order chi connectivity index (χ1) is 9.08. The van der Waals surface area contributed by atoms with Crippen molar-refractivity contribution in [3.05, 3.63) is 34.4 Å². The zero-order valence-electron chi connectivity index (χ0n) is 12.0. The molecule has 1 fully saturated rings. The van der Waals surface area contributed by atoms with Crippen molar-refractivity contribution >= 4 is 5.78 Å². The van der Waals surface area contributed by atoms with Crippen LogP contribution in [0.4, 0.5) is 0 Å². The third-order valence-corrected chi connectivity index (χ3v) is 3.75. The van der Waals surface area contributed by atoms with E-state index in [1.807, 2.05) is 19.9 Å². The van der Waals surface area contributed by atoms with Crippen molar-refractivity contribution in [3.8, 4) is 0 Å². The van der Waals surface area contributed by atoms with Crippen LogP contribution in [0.15, 0.2) is 12.1 Å². The first-order valence-electron chi connectivity index (χ1n) is 6.84. The molecule has 1 aromatic carbocycles. The molecular formula is C16H22O3. The van der Waals surface area contributed by atoms with Gasteiger partial charge >= 0.3 is 0 Å². The van der Waals surface area contributed by atoms with E-state index >= 15 is 0 Å². The third-order valence-electron chi connectivity index (χ3n) is 3.75. The van der Waals surface area contributed by atoms with E-state index in [9.17, 15) is 4.79 Å². The molecule has 0 radical (unpaired) electrons. The van der Waals surface area contributed by atoms with Gasteiger partial charge in [-0.2, -0.15) is 0 Å². The van der Waals surface area contributed by atoms with Crippen LogP contribution in [0.3, 0.4) is 0 Å². The molecule has 0 aromatic heterocycles. The maximum absolute atomic E-state index is 12.1. The number of hydrogen-bond acceptors (Lipinski definition) is 3. The molecular weight excluding hydrogens is 240 g/mol. The smallest absolute Gasteiger partial charge is 0.188 e. The molecule has 1 aromatic rings. The lowest BCUT2D eigenvalue weighted by molar-refractivity contribution is 0.0651. The van der Waals surface area contributed by atoms with Gasteiger partial charge in [-0.25, -0.2) is 0 Å². The molecule has 1 atom stereocenters. The molecule has 19 heavy (non-hydrogen) atoms. The van der Waals surface area contributed by atoms with Crippen LogP contribution in [-0.4, -0.2) is 32.2 Å². The van der Waals surface area contributed by atoms with E-state index in [1.165, 1.54) is 5.56 Å². The number of ether oxygens (including phenoxy) is 2. The summed E-state index contributed by atoms with van der Waals surface area (Å²) in [5, 5.41) is 0. The highest BCUT2D eigenvalue weighted by Crippen LogP contribution is 2.17. The molecule has 0 saturated carbocycles. The zero-order valence-corrected chi connectivity index (χ0v) is 12.0. The van der Waals surface area contributed by atoms with Crippen LogP contribution in [0.1, 0.15) is 33.5 Å². The molecule has 3 heteroatoms. The number of benzene rings is 1. The molecule has 0 spiro atoms. The van der Waals surface area contributed by atoms with Gasteiger partial charge in [-0.15, -0.1) is 0 Å². The Bertz CT molecular complexity index is 459. The predicted octanol–water partition coefficient (Wildman–Crippen LogP) is 2.85. The second-order valence-electron chi connectivity index (χ2n) is 5.42. The Kier molecular flexibility index (Phi) is 4.72. The van der Waals surface area contributed by atoms with Gasteiger partial charge in [0, 0.05) is 18.1 Å². The normalized spacial score (nSPS) is 18.8. The summed E-state index contributed by atoms with van der Waals surface area (Å²) in [6, 6.07) is 4.03. The second kappa shape index (κ2) is 6.31. The fourth-order valence-corrected chi connectivity index (χ4v) is 2.37. The van der Waals surface area contributed by atoms with Crippen LogP contribution < -0.4 is 0 Å². The molecule has 3 nitrogen and oxygen atoms in total.